The monoisotopic (exact) mass is 190 g/mol. The van der Waals surface area contributed by atoms with Crippen LogP contribution in [-0.4, -0.2) is 19.1 Å². The van der Waals surface area contributed by atoms with Crippen LogP contribution in [-0.2, 0) is 0 Å². The maximum Gasteiger partial charge on any atom is 0.314 e. The van der Waals surface area contributed by atoms with E-state index in [9.17, 15) is 4.79 Å². The van der Waals surface area contributed by atoms with Crippen LogP contribution >= 0.6 is 0 Å². The van der Waals surface area contributed by atoms with Gasteiger partial charge in [-0.25, -0.2) is 4.79 Å². The highest BCUT2D eigenvalue weighted by Crippen LogP contribution is 2.24. The van der Waals surface area contributed by atoms with Crippen LogP contribution < -0.4 is 10.6 Å². The van der Waals surface area contributed by atoms with Gasteiger partial charge in [-0.2, -0.15) is 0 Å². The van der Waals surface area contributed by atoms with Gasteiger partial charge >= 0.3 is 6.03 Å². The summed E-state index contributed by atoms with van der Waals surface area (Å²) in [5.74, 6) is 0.646. The van der Waals surface area contributed by atoms with Gasteiger partial charge in [0.25, 0.3) is 0 Å². The third-order valence-electron chi connectivity index (χ3n) is 2.41. The van der Waals surface area contributed by atoms with Crippen LogP contribution in [0, 0.1) is 5.92 Å². The third kappa shape index (κ3) is 4.15. The molecule has 1 rings (SSSR count). The topological polar surface area (TPSA) is 41.1 Å². The molecule has 0 saturated heterocycles. The Morgan fingerprint density at radius 1 is 1.38 bits per heavy atom. The number of carbonyl (C=O) groups is 1. The first kappa shape index (κ1) is 12.3. The summed E-state index contributed by atoms with van der Waals surface area (Å²) in [5, 5.41) is 5.49. The largest absolute Gasteiger partial charge is 0.341 e. The highest BCUT2D eigenvalue weighted by Gasteiger charge is 2.23. The number of amides is 2. The van der Waals surface area contributed by atoms with Gasteiger partial charge in [-0.15, -0.1) is 0 Å². The van der Waals surface area contributed by atoms with Crippen molar-refractivity contribution >= 4 is 6.03 Å². The van der Waals surface area contributed by atoms with Crippen LogP contribution in [0.4, 0.5) is 4.79 Å². The average molecular weight is 190 g/mol. The quantitative estimate of drug-likeness (QED) is 0.655. The molecule has 0 aromatic carbocycles. The van der Waals surface area contributed by atoms with Gasteiger partial charge in [0.05, 0.1) is 0 Å². The standard InChI is InChI=1S/C8H16N2O.C2H6.2H2/c1-6-4-3-5-7(6)10-8(11)9-2;1-2;;/h6-7H,3-5H2,1-2H3,(H2,9,10,11);1-2H3;2*1H/t6-,7-;;;/m1.../s1. The Morgan fingerprint density at radius 2 is 2.00 bits per heavy atom. The van der Waals surface area contributed by atoms with Gasteiger partial charge in [0.2, 0.25) is 0 Å². The first-order valence-corrected chi connectivity index (χ1v) is 5.22. The van der Waals surface area contributed by atoms with Crippen molar-refractivity contribution in [3.05, 3.63) is 0 Å². The van der Waals surface area contributed by atoms with E-state index >= 15 is 0 Å². The second-order valence-corrected chi connectivity index (χ2v) is 3.24. The second kappa shape index (κ2) is 6.75. The van der Waals surface area contributed by atoms with E-state index in [4.69, 9.17) is 0 Å². The number of nitrogens with one attached hydrogen (secondary N) is 2. The number of urea groups is 1. The fourth-order valence-electron chi connectivity index (χ4n) is 1.60. The molecule has 2 atom stereocenters. The van der Waals surface area contributed by atoms with Crippen LogP contribution in [0.3, 0.4) is 0 Å². The Kier molecular flexibility index (Phi) is 6.37. The summed E-state index contributed by atoms with van der Waals surface area (Å²) >= 11 is 0. The molecule has 1 aliphatic carbocycles. The van der Waals surface area contributed by atoms with Gasteiger partial charge in [0.15, 0.2) is 0 Å². The summed E-state index contributed by atoms with van der Waals surface area (Å²) in [7, 11) is 1.65. The second-order valence-electron chi connectivity index (χ2n) is 3.24. The van der Waals surface area contributed by atoms with Crippen molar-refractivity contribution in [2.24, 2.45) is 5.92 Å². The van der Waals surface area contributed by atoms with E-state index in [1.807, 2.05) is 13.8 Å². The van der Waals surface area contributed by atoms with Crippen LogP contribution in [0.5, 0.6) is 0 Å². The fourth-order valence-corrected chi connectivity index (χ4v) is 1.60. The van der Waals surface area contributed by atoms with E-state index in [2.05, 4.69) is 17.6 Å². The molecule has 1 fully saturated rings. The molecule has 0 radical (unpaired) electrons. The van der Waals surface area contributed by atoms with E-state index in [1.165, 1.54) is 12.8 Å². The van der Waals surface area contributed by atoms with Crippen molar-refractivity contribution in [3.8, 4) is 0 Å². The van der Waals surface area contributed by atoms with E-state index in [-0.39, 0.29) is 8.88 Å². The number of carbonyl (C=O) groups excluding carboxylic acids is 1. The number of hydrogen-bond donors (Lipinski definition) is 2. The molecule has 0 heterocycles. The Hall–Kier alpha value is -0.730. The van der Waals surface area contributed by atoms with Crippen LogP contribution in [0.25, 0.3) is 0 Å². The first-order chi connectivity index (χ1) is 6.24. The summed E-state index contributed by atoms with van der Waals surface area (Å²) in [6.07, 6.45) is 3.62. The van der Waals surface area contributed by atoms with E-state index in [1.54, 1.807) is 7.05 Å². The molecule has 3 nitrogen and oxygen atoms in total. The highest BCUT2D eigenvalue weighted by molar-refractivity contribution is 5.73. The third-order valence-corrected chi connectivity index (χ3v) is 2.41. The maximum absolute atomic E-state index is 10.9. The van der Waals surface area contributed by atoms with E-state index in [0.717, 1.165) is 6.42 Å². The lowest BCUT2D eigenvalue weighted by atomic mass is 10.1. The van der Waals surface area contributed by atoms with Gasteiger partial charge in [0.1, 0.15) is 0 Å². The predicted octanol–water partition coefficient (Wildman–Crippen LogP) is 2.62. The molecule has 0 aromatic heterocycles. The van der Waals surface area contributed by atoms with Crippen molar-refractivity contribution in [2.45, 2.75) is 46.1 Å². The van der Waals surface area contributed by atoms with Gasteiger partial charge in [-0.1, -0.05) is 27.2 Å². The molecule has 3 heteroatoms. The molecule has 0 aliphatic heterocycles. The lowest BCUT2D eigenvalue weighted by molar-refractivity contribution is 0.236. The molecule has 0 unspecified atom stereocenters. The SMILES string of the molecule is CC.CNC(=O)N[C@@H]1CCC[C@H]1C.[HH].[HH]. The maximum atomic E-state index is 10.9. The Morgan fingerprint density at radius 3 is 2.38 bits per heavy atom. The Balaban J connectivity index is -0.000000339. The van der Waals surface area contributed by atoms with Crippen molar-refractivity contribution in [1.82, 2.24) is 10.6 Å². The van der Waals surface area contributed by atoms with Crippen molar-refractivity contribution in [1.29, 1.82) is 0 Å². The molecule has 2 amide bonds. The average Bonchev–Trinajstić information content (AvgIpc) is 2.55. The summed E-state index contributed by atoms with van der Waals surface area (Å²) in [6.45, 7) is 6.19. The van der Waals surface area contributed by atoms with Crippen LogP contribution in [0.1, 0.15) is 42.9 Å². The molecular formula is C10H26N2O. The summed E-state index contributed by atoms with van der Waals surface area (Å²) < 4.78 is 0. The highest BCUT2D eigenvalue weighted by atomic mass is 16.2. The molecule has 0 spiro atoms. The van der Waals surface area contributed by atoms with Gasteiger partial charge in [-0.3, -0.25) is 0 Å². The summed E-state index contributed by atoms with van der Waals surface area (Å²) in [4.78, 5) is 10.9. The summed E-state index contributed by atoms with van der Waals surface area (Å²) in [5.41, 5.74) is 0. The molecule has 1 aliphatic rings. The molecule has 82 valence electrons. The van der Waals surface area contributed by atoms with Crippen LogP contribution in [0.2, 0.25) is 0 Å². The zero-order valence-electron chi connectivity index (χ0n) is 9.18. The van der Waals surface area contributed by atoms with E-state index < -0.39 is 0 Å². The lowest BCUT2D eigenvalue weighted by Gasteiger charge is -2.16. The smallest absolute Gasteiger partial charge is 0.314 e. The Labute approximate surface area is 84.3 Å². The first-order valence-electron chi connectivity index (χ1n) is 5.22. The predicted molar refractivity (Wildman–Crippen MR) is 60.0 cm³/mol. The minimum absolute atomic E-state index is 0. The minimum atomic E-state index is -0.0521. The van der Waals surface area contributed by atoms with Gasteiger partial charge in [0, 0.05) is 15.9 Å². The van der Waals surface area contributed by atoms with Gasteiger partial charge in [-0.05, 0) is 18.8 Å². The molecule has 0 aromatic rings. The fraction of sp³-hybridized carbons (Fsp3) is 0.900. The lowest BCUT2D eigenvalue weighted by Crippen LogP contribution is -2.41. The molecule has 1 saturated carbocycles. The molecular weight excluding hydrogens is 164 g/mol. The summed E-state index contributed by atoms with van der Waals surface area (Å²) in [6, 6.07) is 0.346. The number of rotatable bonds is 1. The number of hydrogen-bond acceptors (Lipinski definition) is 1. The zero-order valence-corrected chi connectivity index (χ0v) is 9.18. The van der Waals surface area contributed by atoms with Crippen molar-refractivity contribution in [2.75, 3.05) is 7.05 Å². The van der Waals surface area contributed by atoms with Gasteiger partial charge < -0.3 is 10.6 Å². The van der Waals surface area contributed by atoms with Crippen molar-refractivity contribution in [3.63, 3.8) is 0 Å². The molecule has 13 heavy (non-hydrogen) atoms. The Bertz CT molecular complexity index is 156. The minimum Gasteiger partial charge on any atom is -0.341 e. The zero-order chi connectivity index (χ0) is 10.3. The van der Waals surface area contributed by atoms with E-state index in [0.29, 0.717) is 12.0 Å². The van der Waals surface area contributed by atoms with Crippen LogP contribution in [0.15, 0.2) is 0 Å². The van der Waals surface area contributed by atoms with Crippen molar-refractivity contribution < 1.29 is 7.65 Å². The normalized spacial score (nSPS) is 25.8. The molecule has 2 N–H and O–H groups in total. The molecule has 0 bridgehead atoms.